The third kappa shape index (κ3) is 5.76. The van der Waals surface area contributed by atoms with Crippen molar-refractivity contribution < 1.29 is 19.4 Å². The van der Waals surface area contributed by atoms with Gasteiger partial charge in [0.05, 0.1) is 0 Å². The van der Waals surface area contributed by atoms with Crippen molar-refractivity contribution in [2.24, 2.45) is 5.92 Å². The van der Waals surface area contributed by atoms with E-state index in [0.29, 0.717) is 18.7 Å². The predicted molar refractivity (Wildman–Crippen MR) is 82.9 cm³/mol. The molecule has 1 amide bonds. The molecule has 0 spiro atoms. The van der Waals surface area contributed by atoms with E-state index in [1.807, 2.05) is 12.1 Å². The average molecular weight is 305 g/mol. The van der Waals surface area contributed by atoms with Crippen LogP contribution in [-0.2, 0) is 16.0 Å². The summed E-state index contributed by atoms with van der Waals surface area (Å²) in [4.78, 5) is 22.1. The van der Waals surface area contributed by atoms with Gasteiger partial charge in [-0.1, -0.05) is 31.4 Å². The van der Waals surface area contributed by atoms with Gasteiger partial charge in [-0.2, -0.15) is 0 Å². The van der Waals surface area contributed by atoms with Gasteiger partial charge in [0.1, 0.15) is 5.75 Å². The highest BCUT2D eigenvalue weighted by molar-refractivity contribution is 5.75. The van der Waals surface area contributed by atoms with Crippen molar-refractivity contribution in [1.29, 1.82) is 0 Å². The molecule has 120 valence electrons. The Morgan fingerprint density at radius 3 is 2.55 bits per heavy atom. The number of hydrogen-bond donors (Lipinski definition) is 2. The molecule has 0 aliphatic heterocycles. The highest BCUT2D eigenvalue weighted by atomic mass is 16.5. The normalized spacial score (nSPS) is 14.2. The summed E-state index contributed by atoms with van der Waals surface area (Å²) in [6.45, 7) is 0.287. The fraction of sp³-hybridized carbons (Fsp3) is 0.529. The van der Waals surface area contributed by atoms with Gasteiger partial charge in [-0.05, 0) is 36.5 Å². The van der Waals surface area contributed by atoms with Gasteiger partial charge < -0.3 is 15.2 Å². The number of carboxylic acid groups (broad SMARTS) is 1. The minimum Gasteiger partial charge on any atom is -0.482 e. The highest BCUT2D eigenvalue weighted by Crippen LogP contribution is 2.30. The lowest BCUT2D eigenvalue weighted by Crippen LogP contribution is -2.26. The maximum Gasteiger partial charge on any atom is 0.341 e. The van der Waals surface area contributed by atoms with E-state index >= 15 is 0 Å². The zero-order valence-corrected chi connectivity index (χ0v) is 12.7. The number of hydrogen-bond acceptors (Lipinski definition) is 3. The average Bonchev–Trinajstić information content (AvgIpc) is 2.45. The van der Waals surface area contributed by atoms with E-state index in [4.69, 9.17) is 9.84 Å². The van der Waals surface area contributed by atoms with Crippen LogP contribution in [0.4, 0.5) is 0 Å². The molecule has 0 aromatic heterocycles. The molecular formula is C17H23NO4. The van der Waals surface area contributed by atoms with Crippen molar-refractivity contribution in [2.75, 3.05) is 13.2 Å². The third-order valence-electron chi connectivity index (χ3n) is 4.03. The SMILES string of the molecule is O=C(O)COc1ccc(CCNC(=O)CCC2CCC2)cc1. The largest absolute Gasteiger partial charge is 0.482 e. The fourth-order valence-corrected chi connectivity index (χ4v) is 2.45. The Labute approximate surface area is 130 Å². The molecule has 5 nitrogen and oxygen atoms in total. The van der Waals surface area contributed by atoms with Gasteiger partial charge >= 0.3 is 5.97 Å². The van der Waals surface area contributed by atoms with E-state index in [1.165, 1.54) is 19.3 Å². The molecule has 1 saturated carbocycles. The van der Waals surface area contributed by atoms with E-state index in [2.05, 4.69) is 5.32 Å². The molecule has 0 radical (unpaired) electrons. The molecule has 5 heteroatoms. The van der Waals surface area contributed by atoms with Gasteiger partial charge in [0.15, 0.2) is 6.61 Å². The Morgan fingerprint density at radius 1 is 1.23 bits per heavy atom. The maximum atomic E-state index is 11.7. The molecule has 1 aromatic rings. The van der Waals surface area contributed by atoms with Crippen LogP contribution in [0.25, 0.3) is 0 Å². The van der Waals surface area contributed by atoms with Gasteiger partial charge in [-0.25, -0.2) is 4.79 Å². The second kappa shape index (κ2) is 8.41. The Kier molecular flexibility index (Phi) is 6.25. The monoisotopic (exact) mass is 305 g/mol. The number of rotatable bonds is 9. The molecule has 2 rings (SSSR count). The molecule has 0 unspecified atom stereocenters. The van der Waals surface area contributed by atoms with Crippen LogP contribution in [0.3, 0.4) is 0 Å². The number of benzene rings is 1. The first-order valence-corrected chi connectivity index (χ1v) is 7.83. The van der Waals surface area contributed by atoms with Crippen molar-refractivity contribution in [3.8, 4) is 5.75 Å². The van der Waals surface area contributed by atoms with Crippen molar-refractivity contribution in [3.05, 3.63) is 29.8 Å². The minimum absolute atomic E-state index is 0.133. The number of carboxylic acids is 1. The van der Waals surface area contributed by atoms with Gasteiger partial charge in [-0.15, -0.1) is 0 Å². The first-order chi connectivity index (χ1) is 10.6. The molecular weight excluding hydrogens is 282 g/mol. The van der Waals surface area contributed by atoms with Crippen molar-refractivity contribution in [3.63, 3.8) is 0 Å². The number of aliphatic carboxylic acids is 1. The second-order valence-electron chi connectivity index (χ2n) is 5.76. The molecule has 1 aromatic carbocycles. The van der Waals surface area contributed by atoms with Crippen LogP contribution in [0.15, 0.2) is 24.3 Å². The van der Waals surface area contributed by atoms with E-state index < -0.39 is 5.97 Å². The molecule has 0 saturated heterocycles. The number of amides is 1. The number of ether oxygens (including phenoxy) is 1. The topological polar surface area (TPSA) is 75.6 Å². The van der Waals surface area contributed by atoms with Gasteiger partial charge in [0.2, 0.25) is 5.91 Å². The van der Waals surface area contributed by atoms with Crippen LogP contribution in [0.2, 0.25) is 0 Å². The maximum absolute atomic E-state index is 11.7. The van der Waals surface area contributed by atoms with Gasteiger partial charge in [0.25, 0.3) is 0 Å². The second-order valence-corrected chi connectivity index (χ2v) is 5.76. The summed E-state index contributed by atoms with van der Waals surface area (Å²) in [5, 5.41) is 11.5. The number of carbonyl (C=O) groups excluding carboxylic acids is 1. The first kappa shape index (κ1) is 16.3. The van der Waals surface area contributed by atoms with Gasteiger partial charge in [-0.3, -0.25) is 4.79 Å². The van der Waals surface area contributed by atoms with Crippen molar-refractivity contribution in [2.45, 2.75) is 38.5 Å². The van der Waals surface area contributed by atoms with Crippen LogP contribution < -0.4 is 10.1 Å². The lowest BCUT2D eigenvalue weighted by molar-refractivity contribution is -0.139. The Bertz CT molecular complexity index is 494. The van der Waals surface area contributed by atoms with E-state index in [1.54, 1.807) is 12.1 Å². The Hall–Kier alpha value is -2.04. The molecule has 0 heterocycles. The summed E-state index contributed by atoms with van der Waals surface area (Å²) < 4.78 is 5.07. The van der Waals surface area contributed by atoms with E-state index in [9.17, 15) is 9.59 Å². The summed E-state index contributed by atoms with van der Waals surface area (Å²) in [7, 11) is 0. The van der Waals surface area contributed by atoms with Crippen molar-refractivity contribution >= 4 is 11.9 Å². The van der Waals surface area contributed by atoms with Gasteiger partial charge in [0, 0.05) is 13.0 Å². The van der Waals surface area contributed by atoms with E-state index in [0.717, 1.165) is 24.3 Å². The molecule has 1 aliphatic carbocycles. The summed E-state index contributed by atoms with van der Waals surface area (Å²) >= 11 is 0. The number of nitrogens with one attached hydrogen (secondary N) is 1. The van der Waals surface area contributed by atoms with Crippen LogP contribution in [-0.4, -0.2) is 30.1 Å². The highest BCUT2D eigenvalue weighted by Gasteiger charge is 2.17. The lowest BCUT2D eigenvalue weighted by Gasteiger charge is -2.24. The standard InChI is InChI=1S/C17H23NO4/c19-16(9-6-13-2-1-3-13)18-11-10-14-4-7-15(8-5-14)22-12-17(20)21/h4-5,7-8,13H,1-3,6,9-12H2,(H,18,19)(H,20,21). The van der Waals surface area contributed by atoms with Crippen LogP contribution in [0.5, 0.6) is 5.75 Å². The zero-order chi connectivity index (χ0) is 15.8. The lowest BCUT2D eigenvalue weighted by atomic mass is 9.82. The smallest absolute Gasteiger partial charge is 0.341 e. The fourth-order valence-electron chi connectivity index (χ4n) is 2.45. The predicted octanol–water partition coefficient (Wildman–Crippen LogP) is 2.39. The van der Waals surface area contributed by atoms with E-state index in [-0.39, 0.29) is 12.5 Å². The van der Waals surface area contributed by atoms with Crippen LogP contribution >= 0.6 is 0 Å². The van der Waals surface area contributed by atoms with Crippen molar-refractivity contribution in [1.82, 2.24) is 5.32 Å². The Balaban J connectivity index is 1.61. The summed E-state index contributed by atoms with van der Waals surface area (Å²) in [5.74, 6) is 0.446. The molecule has 1 fully saturated rings. The molecule has 22 heavy (non-hydrogen) atoms. The minimum atomic E-state index is -0.992. The molecule has 2 N–H and O–H groups in total. The molecule has 0 atom stereocenters. The summed E-state index contributed by atoms with van der Waals surface area (Å²) in [6.07, 6.45) is 6.29. The quantitative estimate of drug-likeness (QED) is 0.734. The van der Waals surface area contributed by atoms with Crippen LogP contribution in [0, 0.1) is 5.92 Å². The third-order valence-corrected chi connectivity index (χ3v) is 4.03. The number of carbonyl (C=O) groups is 2. The Morgan fingerprint density at radius 2 is 1.95 bits per heavy atom. The molecule has 1 aliphatic rings. The molecule has 0 bridgehead atoms. The summed E-state index contributed by atoms with van der Waals surface area (Å²) in [5.41, 5.74) is 1.09. The van der Waals surface area contributed by atoms with Crippen LogP contribution in [0.1, 0.15) is 37.7 Å². The summed E-state index contributed by atoms with van der Waals surface area (Å²) in [6, 6.07) is 7.27. The first-order valence-electron chi connectivity index (χ1n) is 7.83. The zero-order valence-electron chi connectivity index (χ0n) is 12.7.